The summed E-state index contributed by atoms with van der Waals surface area (Å²) in [5.74, 6) is 5.51. The fourth-order valence-electron chi connectivity index (χ4n) is 4.44. The molecule has 2 atom stereocenters. The average molecular weight is 450 g/mol. The van der Waals surface area contributed by atoms with Crippen LogP contribution in [0.25, 0.3) is 0 Å². The Kier molecular flexibility index (Phi) is 6.73. The second-order valence-corrected chi connectivity index (χ2v) is 9.52. The minimum Gasteiger partial charge on any atom is -0.380 e. The Morgan fingerprint density at radius 1 is 1.15 bits per heavy atom. The summed E-state index contributed by atoms with van der Waals surface area (Å²) in [7, 11) is 4.11. The van der Waals surface area contributed by atoms with Gasteiger partial charge in [-0.05, 0) is 74.8 Å². The number of likely N-dealkylation sites (N-methyl/N-ethyl adjacent to an activating group) is 1. The molecule has 0 spiro atoms. The molecular formula is C27H32FN3O2. The topological polar surface area (TPSA) is 47.0 Å². The molecule has 0 bridgehead atoms. The lowest BCUT2D eigenvalue weighted by Crippen LogP contribution is -2.37. The SMILES string of the molecule is CC(C)C(O)C#Cc1ccc2c(c1)CCN(c1ccc(N3CC[C@@H](N(C)C)C3)c(F)c1)C2=O. The van der Waals surface area contributed by atoms with E-state index in [4.69, 9.17) is 0 Å². The number of rotatable bonds is 4. The molecule has 0 aromatic heterocycles. The molecule has 0 saturated carbocycles. The number of hydrogen-bond acceptors (Lipinski definition) is 4. The van der Waals surface area contributed by atoms with Crippen LogP contribution in [-0.4, -0.2) is 61.8 Å². The Morgan fingerprint density at radius 2 is 1.94 bits per heavy atom. The van der Waals surface area contributed by atoms with Crippen LogP contribution in [-0.2, 0) is 6.42 Å². The van der Waals surface area contributed by atoms with Gasteiger partial charge in [-0.15, -0.1) is 0 Å². The number of fused-ring (bicyclic) bond motifs is 1. The summed E-state index contributed by atoms with van der Waals surface area (Å²) in [5.41, 5.74) is 3.52. The van der Waals surface area contributed by atoms with Crippen LogP contribution in [0.1, 0.15) is 41.8 Å². The molecule has 0 aliphatic carbocycles. The van der Waals surface area contributed by atoms with Gasteiger partial charge in [-0.25, -0.2) is 4.39 Å². The number of carbonyl (C=O) groups is 1. The third kappa shape index (κ3) is 4.90. The Bertz CT molecular complexity index is 1100. The maximum Gasteiger partial charge on any atom is 0.258 e. The van der Waals surface area contributed by atoms with Crippen molar-refractivity contribution in [2.45, 2.75) is 38.8 Å². The van der Waals surface area contributed by atoms with Gasteiger partial charge in [0.25, 0.3) is 5.91 Å². The van der Waals surface area contributed by atoms with Crippen LogP contribution in [0.5, 0.6) is 0 Å². The maximum atomic E-state index is 15.0. The first-order chi connectivity index (χ1) is 15.7. The molecule has 0 radical (unpaired) electrons. The molecule has 2 aromatic rings. The normalized spacial score (nSPS) is 19.0. The summed E-state index contributed by atoms with van der Waals surface area (Å²) >= 11 is 0. The zero-order valence-electron chi connectivity index (χ0n) is 19.8. The molecule has 1 unspecified atom stereocenters. The van der Waals surface area contributed by atoms with Crippen LogP contribution in [0.4, 0.5) is 15.8 Å². The number of amides is 1. The van der Waals surface area contributed by atoms with Crippen molar-refractivity contribution in [3.8, 4) is 11.8 Å². The minimum atomic E-state index is -0.676. The van der Waals surface area contributed by atoms with Crippen LogP contribution in [0, 0.1) is 23.6 Å². The van der Waals surface area contributed by atoms with Crippen molar-refractivity contribution in [3.05, 3.63) is 58.9 Å². The largest absolute Gasteiger partial charge is 0.380 e. The highest BCUT2D eigenvalue weighted by molar-refractivity contribution is 6.08. The van der Waals surface area contributed by atoms with Crippen LogP contribution in [0.3, 0.4) is 0 Å². The van der Waals surface area contributed by atoms with Crippen molar-refractivity contribution in [3.63, 3.8) is 0 Å². The molecule has 1 N–H and O–H groups in total. The number of aliphatic hydroxyl groups is 1. The van der Waals surface area contributed by atoms with E-state index in [-0.39, 0.29) is 17.6 Å². The predicted octanol–water partition coefficient (Wildman–Crippen LogP) is 3.54. The minimum absolute atomic E-state index is 0.0666. The smallest absolute Gasteiger partial charge is 0.258 e. The number of carbonyl (C=O) groups excluding carboxylic acids is 1. The monoisotopic (exact) mass is 449 g/mol. The highest BCUT2D eigenvalue weighted by atomic mass is 19.1. The van der Waals surface area contributed by atoms with Gasteiger partial charge in [0.15, 0.2) is 0 Å². The number of anilines is 2. The van der Waals surface area contributed by atoms with E-state index < -0.39 is 6.10 Å². The molecule has 5 nitrogen and oxygen atoms in total. The van der Waals surface area contributed by atoms with E-state index in [0.29, 0.717) is 35.9 Å². The van der Waals surface area contributed by atoms with Crippen molar-refractivity contribution in [2.24, 2.45) is 5.92 Å². The Labute approximate surface area is 195 Å². The van der Waals surface area contributed by atoms with Crippen molar-refractivity contribution in [2.75, 3.05) is 43.5 Å². The lowest BCUT2D eigenvalue weighted by Gasteiger charge is -2.29. The van der Waals surface area contributed by atoms with E-state index in [2.05, 4.69) is 35.7 Å². The Hall–Kier alpha value is -2.88. The van der Waals surface area contributed by atoms with E-state index in [1.807, 2.05) is 26.0 Å². The van der Waals surface area contributed by atoms with Gasteiger partial charge < -0.3 is 19.8 Å². The van der Waals surface area contributed by atoms with E-state index in [9.17, 15) is 9.90 Å². The molecule has 2 heterocycles. The van der Waals surface area contributed by atoms with Crippen LogP contribution >= 0.6 is 0 Å². The molecule has 2 aromatic carbocycles. The van der Waals surface area contributed by atoms with Gasteiger partial charge in [-0.1, -0.05) is 25.7 Å². The Balaban J connectivity index is 1.51. The number of aliphatic hydroxyl groups excluding tert-OH is 1. The summed E-state index contributed by atoms with van der Waals surface area (Å²) in [5, 5.41) is 9.91. The molecule has 174 valence electrons. The third-order valence-corrected chi connectivity index (χ3v) is 6.66. The lowest BCUT2D eigenvalue weighted by molar-refractivity contribution is 0.0980. The second kappa shape index (κ2) is 9.54. The molecule has 33 heavy (non-hydrogen) atoms. The highest BCUT2D eigenvalue weighted by Gasteiger charge is 2.28. The quantitative estimate of drug-likeness (QED) is 0.726. The van der Waals surface area contributed by atoms with Crippen molar-refractivity contribution in [1.82, 2.24) is 4.90 Å². The molecule has 1 saturated heterocycles. The van der Waals surface area contributed by atoms with Gasteiger partial charge in [0, 0.05) is 42.5 Å². The van der Waals surface area contributed by atoms with Crippen molar-refractivity contribution < 1.29 is 14.3 Å². The lowest BCUT2D eigenvalue weighted by atomic mass is 9.96. The summed E-state index contributed by atoms with van der Waals surface area (Å²) < 4.78 is 15.0. The van der Waals surface area contributed by atoms with Crippen molar-refractivity contribution >= 4 is 17.3 Å². The van der Waals surface area contributed by atoms with E-state index in [1.54, 1.807) is 23.1 Å². The first-order valence-corrected chi connectivity index (χ1v) is 11.6. The molecule has 2 aliphatic rings. The number of hydrogen-bond donors (Lipinski definition) is 1. The zero-order chi connectivity index (χ0) is 23.7. The third-order valence-electron chi connectivity index (χ3n) is 6.66. The van der Waals surface area contributed by atoms with Crippen LogP contribution in [0.15, 0.2) is 36.4 Å². The first-order valence-electron chi connectivity index (χ1n) is 11.6. The number of nitrogens with zero attached hydrogens (tertiary/aromatic N) is 3. The first kappa shape index (κ1) is 23.3. The van der Waals surface area contributed by atoms with Crippen LogP contribution < -0.4 is 9.80 Å². The fraction of sp³-hybridized carbons (Fsp3) is 0.444. The van der Waals surface area contributed by atoms with Gasteiger partial charge in [-0.3, -0.25) is 4.79 Å². The molecule has 6 heteroatoms. The Morgan fingerprint density at radius 3 is 2.61 bits per heavy atom. The molecule has 1 fully saturated rings. The summed E-state index contributed by atoms with van der Waals surface area (Å²) in [6.07, 6.45) is 1.01. The van der Waals surface area contributed by atoms with Gasteiger partial charge in [-0.2, -0.15) is 0 Å². The summed E-state index contributed by atoms with van der Waals surface area (Å²) in [4.78, 5) is 19.1. The molecular weight excluding hydrogens is 417 g/mol. The van der Waals surface area contributed by atoms with Gasteiger partial charge >= 0.3 is 0 Å². The van der Waals surface area contributed by atoms with Crippen LogP contribution in [0.2, 0.25) is 0 Å². The summed E-state index contributed by atoms with van der Waals surface area (Å²) in [6.45, 7) is 5.96. The van der Waals surface area contributed by atoms with Crippen molar-refractivity contribution in [1.29, 1.82) is 0 Å². The summed E-state index contributed by atoms with van der Waals surface area (Å²) in [6, 6.07) is 11.1. The highest BCUT2D eigenvalue weighted by Crippen LogP contribution is 2.31. The molecule has 2 aliphatic heterocycles. The van der Waals surface area contributed by atoms with E-state index in [0.717, 1.165) is 30.6 Å². The maximum absolute atomic E-state index is 15.0. The zero-order valence-corrected chi connectivity index (χ0v) is 19.8. The molecule has 4 rings (SSSR count). The van der Waals surface area contributed by atoms with E-state index >= 15 is 4.39 Å². The van der Waals surface area contributed by atoms with Gasteiger partial charge in [0.1, 0.15) is 11.9 Å². The fourth-order valence-corrected chi connectivity index (χ4v) is 4.44. The number of halogens is 1. The molecule has 1 amide bonds. The number of benzene rings is 2. The standard InChI is InChI=1S/C27H32FN3O2/c1-18(2)26(32)10-6-19-5-8-23-20(15-19)11-14-31(27(23)33)21-7-9-25(24(28)16-21)30-13-12-22(17-30)29(3)4/h5,7-9,15-16,18,22,26,32H,11-14,17H2,1-4H3/t22-,26?/m1/s1. The van der Waals surface area contributed by atoms with E-state index in [1.165, 1.54) is 6.07 Å². The van der Waals surface area contributed by atoms with Gasteiger partial charge in [0.05, 0.1) is 5.69 Å². The predicted molar refractivity (Wildman–Crippen MR) is 130 cm³/mol. The average Bonchev–Trinajstić information content (AvgIpc) is 3.28. The second-order valence-electron chi connectivity index (χ2n) is 9.52. The van der Waals surface area contributed by atoms with Gasteiger partial charge in [0.2, 0.25) is 0 Å².